The lowest BCUT2D eigenvalue weighted by Gasteiger charge is -1.97. The minimum absolute atomic E-state index is 0.778. The molecule has 0 amide bonds. The molecule has 0 N–H and O–H groups in total. The van der Waals surface area contributed by atoms with Gasteiger partial charge in [0.05, 0.1) is 0 Å². The number of benzene rings is 1. The van der Waals surface area contributed by atoms with Crippen molar-refractivity contribution in [1.29, 1.82) is 0 Å². The molecule has 0 bridgehead atoms. The van der Waals surface area contributed by atoms with Crippen LogP contribution in [0.5, 0.6) is 0 Å². The van der Waals surface area contributed by atoms with E-state index in [-0.39, 0.29) is 0 Å². The van der Waals surface area contributed by atoms with Crippen molar-refractivity contribution in [1.82, 2.24) is 0 Å². The van der Waals surface area contributed by atoms with Crippen LogP contribution >= 0.6 is 22.2 Å². The smallest absolute Gasteiger partial charge is 0.168 e. The van der Waals surface area contributed by atoms with Gasteiger partial charge in [0.25, 0.3) is 0 Å². The molecule has 0 saturated heterocycles. The van der Waals surface area contributed by atoms with Gasteiger partial charge in [0, 0.05) is 0 Å². The first-order valence-electron chi connectivity index (χ1n) is 3.37. The molecular weight excluding hydrogens is 211 g/mol. The molecule has 0 radical (unpaired) electrons. The fourth-order valence-corrected chi connectivity index (χ4v) is 1.91. The minimum Gasteiger partial charge on any atom is -0.181 e. The Morgan fingerprint density at radius 1 is 1.18 bits per heavy atom. The van der Waals surface area contributed by atoms with Gasteiger partial charge in [-0.3, -0.25) is 0 Å². The Bertz CT molecular complexity index is 177. The van der Waals surface area contributed by atoms with Gasteiger partial charge >= 0.3 is 0 Å². The second kappa shape index (κ2) is 6.91. The van der Waals surface area contributed by atoms with Gasteiger partial charge < -0.3 is 0 Å². The highest BCUT2D eigenvalue weighted by Crippen LogP contribution is 1.90. The minimum atomic E-state index is -1.06. The predicted molar refractivity (Wildman–Crippen MR) is 60.7 cm³/mol. The largest absolute Gasteiger partial charge is 0.181 e. The molecule has 1 aromatic carbocycles. The van der Waals surface area contributed by atoms with E-state index in [0.717, 1.165) is 9.55 Å². The summed E-state index contributed by atoms with van der Waals surface area (Å²) in [6.07, 6.45) is 0. The molecule has 1 atom stereocenters. The summed E-state index contributed by atoms with van der Waals surface area (Å²) in [4.78, 5) is 0. The van der Waals surface area contributed by atoms with E-state index in [2.05, 4.69) is 18.7 Å². The lowest BCUT2D eigenvalue weighted by Crippen LogP contribution is -2.18. The Morgan fingerprint density at radius 3 is 1.91 bits per heavy atom. The average Bonchev–Trinajstić information content (AvgIpc) is 2.10. The summed E-state index contributed by atoms with van der Waals surface area (Å²) >= 11 is 10.7. The summed E-state index contributed by atoms with van der Waals surface area (Å²) in [7, 11) is -0.279. The van der Waals surface area contributed by atoms with Crippen LogP contribution in [-0.2, 0) is 0 Å². The number of rotatable bonds is 1. The maximum absolute atomic E-state index is 5.94. The van der Waals surface area contributed by atoms with E-state index >= 15 is 0 Å². The van der Waals surface area contributed by atoms with E-state index in [1.165, 1.54) is 5.19 Å². The van der Waals surface area contributed by atoms with Crippen LogP contribution in [-0.4, -0.2) is 17.7 Å². The quantitative estimate of drug-likeness (QED) is 0.492. The number of halogens is 2. The molecule has 1 unspecified atom stereocenters. The van der Waals surface area contributed by atoms with Gasteiger partial charge in [-0.15, -0.1) is 0 Å². The van der Waals surface area contributed by atoms with Crippen molar-refractivity contribution in [2.75, 3.05) is 0 Å². The third-order valence-corrected chi connectivity index (χ3v) is 3.32. The molecule has 0 aliphatic carbocycles. The fraction of sp³-hybridized carbons (Fsp3) is 0.143. The van der Waals surface area contributed by atoms with Crippen molar-refractivity contribution in [3.05, 3.63) is 30.3 Å². The second-order valence-electron chi connectivity index (χ2n) is 2.03. The second-order valence-corrected chi connectivity index (χ2v) is 5.89. The molecule has 11 heavy (non-hydrogen) atoms. The van der Waals surface area contributed by atoms with E-state index in [9.17, 15) is 0 Å². The van der Waals surface area contributed by atoms with Crippen molar-refractivity contribution in [3.8, 4) is 0 Å². The van der Waals surface area contributed by atoms with Crippen LogP contribution in [0.15, 0.2) is 30.3 Å². The van der Waals surface area contributed by atoms with Gasteiger partial charge in [-0.25, -0.2) is 0 Å². The summed E-state index contributed by atoms with van der Waals surface area (Å²) in [6.45, 7) is 2.11. The van der Waals surface area contributed by atoms with E-state index in [1.807, 2.05) is 18.2 Å². The molecule has 0 aromatic heterocycles. The standard InChI is InChI=1S/C7H9ClSi.ClH3Si/c1-9(8)7-5-3-2-4-6-7;1-2/h2-6,9H,1H3;2H3. The van der Waals surface area contributed by atoms with E-state index in [4.69, 9.17) is 22.2 Å². The third kappa shape index (κ3) is 4.64. The van der Waals surface area contributed by atoms with Gasteiger partial charge in [0.15, 0.2) is 8.11 Å². The lowest BCUT2D eigenvalue weighted by molar-refractivity contribution is 1.76. The third-order valence-electron chi connectivity index (χ3n) is 1.26. The zero-order valence-corrected chi connectivity index (χ0v) is 11.4. The lowest BCUT2D eigenvalue weighted by atomic mass is 10.4. The first-order chi connectivity index (χ1) is 5.30. The topological polar surface area (TPSA) is 0 Å². The highest BCUT2D eigenvalue weighted by Gasteiger charge is 1.98. The fourth-order valence-electron chi connectivity index (χ4n) is 0.718. The zero-order valence-electron chi connectivity index (χ0n) is 6.72. The molecule has 0 aliphatic heterocycles. The van der Waals surface area contributed by atoms with Crippen molar-refractivity contribution >= 4 is 45.0 Å². The summed E-state index contributed by atoms with van der Waals surface area (Å²) in [6, 6.07) is 10.2. The Labute approximate surface area is 82.0 Å². The molecule has 0 heterocycles. The molecule has 1 aromatic rings. The van der Waals surface area contributed by atoms with Crippen molar-refractivity contribution < 1.29 is 0 Å². The molecule has 0 saturated carbocycles. The molecule has 0 spiro atoms. The van der Waals surface area contributed by atoms with Gasteiger partial charge in [-0.05, 0) is 5.19 Å². The summed E-state index contributed by atoms with van der Waals surface area (Å²) in [5, 5.41) is 1.32. The first-order valence-corrected chi connectivity index (χ1v) is 9.87. The van der Waals surface area contributed by atoms with Crippen molar-refractivity contribution in [2.24, 2.45) is 0 Å². The normalized spacial score (nSPS) is 11.5. The van der Waals surface area contributed by atoms with E-state index in [1.54, 1.807) is 0 Å². The highest BCUT2D eigenvalue weighted by molar-refractivity contribution is 7.13. The number of hydrogen-bond donors (Lipinski definition) is 0. The Kier molecular flexibility index (Phi) is 7.06. The van der Waals surface area contributed by atoms with Gasteiger partial charge in [-0.1, -0.05) is 36.9 Å². The van der Waals surface area contributed by atoms with E-state index in [0.29, 0.717) is 0 Å². The molecule has 0 aliphatic rings. The Hall–Kier alpha value is 0.234. The van der Waals surface area contributed by atoms with Gasteiger partial charge in [-0.2, -0.15) is 22.2 Å². The summed E-state index contributed by atoms with van der Waals surface area (Å²) < 4.78 is 0. The maximum atomic E-state index is 5.94. The summed E-state index contributed by atoms with van der Waals surface area (Å²) in [5.74, 6) is 0. The Morgan fingerprint density at radius 2 is 1.64 bits per heavy atom. The Balaban J connectivity index is 0.000000461. The van der Waals surface area contributed by atoms with Gasteiger partial charge in [0.2, 0.25) is 0 Å². The van der Waals surface area contributed by atoms with Crippen LogP contribution in [0.25, 0.3) is 0 Å². The highest BCUT2D eigenvalue weighted by atomic mass is 35.6. The predicted octanol–water partition coefficient (Wildman–Crippen LogP) is 0.992. The molecular formula is C7H12Cl2Si2. The van der Waals surface area contributed by atoms with E-state index < -0.39 is 8.11 Å². The summed E-state index contributed by atoms with van der Waals surface area (Å²) in [5.41, 5.74) is 0. The molecule has 4 heteroatoms. The van der Waals surface area contributed by atoms with Crippen LogP contribution in [0.2, 0.25) is 6.55 Å². The van der Waals surface area contributed by atoms with Crippen LogP contribution in [0, 0.1) is 0 Å². The zero-order chi connectivity index (χ0) is 8.69. The van der Waals surface area contributed by atoms with Crippen LogP contribution in [0.3, 0.4) is 0 Å². The van der Waals surface area contributed by atoms with Crippen LogP contribution in [0.4, 0.5) is 0 Å². The van der Waals surface area contributed by atoms with Crippen molar-refractivity contribution in [3.63, 3.8) is 0 Å². The SMILES string of the molecule is C[SiH](Cl)c1ccccc1.[SiH3]Cl. The first kappa shape index (κ1) is 11.2. The van der Waals surface area contributed by atoms with Crippen molar-refractivity contribution in [2.45, 2.75) is 6.55 Å². The van der Waals surface area contributed by atoms with Crippen LogP contribution < -0.4 is 5.19 Å². The maximum Gasteiger partial charge on any atom is 0.168 e. The molecule has 0 nitrogen and oxygen atoms in total. The van der Waals surface area contributed by atoms with Crippen LogP contribution in [0.1, 0.15) is 0 Å². The molecule has 1 rings (SSSR count). The monoisotopic (exact) mass is 222 g/mol. The number of hydrogen-bond acceptors (Lipinski definition) is 0. The molecule has 62 valence electrons. The van der Waals surface area contributed by atoms with Gasteiger partial charge in [0.1, 0.15) is 9.55 Å². The average molecular weight is 223 g/mol. The molecule has 0 fully saturated rings.